The summed E-state index contributed by atoms with van der Waals surface area (Å²) >= 11 is 1.76. The number of halogens is 1. The third kappa shape index (κ3) is 5.68. The number of rotatable bonds is 4. The highest BCUT2D eigenvalue weighted by molar-refractivity contribution is 14.0. The lowest BCUT2D eigenvalue weighted by Crippen LogP contribution is -2.44. The highest BCUT2D eigenvalue weighted by Gasteiger charge is 2.11. The summed E-state index contributed by atoms with van der Waals surface area (Å²) in [5.74, 6) is 0.607. The summed E-state index contributed by atoms with van der Waals surface area (Å²) in [5.41, 5.74) is 7.21. The number of nitrogens with two attached hydrogens (primary N) is 1. The van der Waals surface area contributed by atoms with Gasteiger partial charge < -0.3 is 15.4 Å². The Morgan fingerprint density at radius 3 is 2.29 bits per heavy atom. The number of hydrogen-bond donors (Lipinski definition) is 1. The molecule has 0 spiro atoms. The first-order chi connectivity index (χ1) is 11.3. The normalized spacial score (nSPS) is 15.0. The fourth-order valence-electron chi connectivity index (χ4n) is 2.35. The number of morpholine rings is 1. The average Bonchev–Trinajstić information content (AvgIpc) is 2.62. The van der Waals surface area contributed by atoms with Crippen LogP contribution in [0.5, 0.6) is 0 Å². The van der Waals surface area contributed by atoms with Crippen LogP contribution in [0.15, 0.2) is 69.4 Å². The van der Waals surface area contributed by atoms with E-state index in [-0.39, 0.29) is 24.0 Å². The highest BCUT2D eigenvalue weighted by atomic mass is 127. The number of hydrogen-bond acceptors (Lipinski definition) is 3. The molecule has 0 aromatic heterocycles. The number of ether oxygens (including phenoxy) is 1. The van der Waals surface area contributed by atoms with Gasteiger partial charge in [0.1, 0.15) is 0 Å². The van der Waals surface area contributed by atoms with Crippen LogP contribution in [0.3, 0.4) is 0 Å². The summed E-state index contributed by atoms with van der Waals surface area (Å²) in [6.45, 7) is 3.70. The Morgan fingerprint density at radius 1 is 1.00 bits per heavy atom. The van der Waals surface area contributed by atoms with Crippen LogP contribution in [-0.2, 0) is 11.3 Å². The van der Waals surface area contributed by atoms with Crippen LogP contribution >= 0.6 is 35.7 Å². The van der Waals surface area contributed by atoms with Crippen LogP contribution in [0, 0.1) is 0 Å². The van der Waals surface area contributed by atoms with Gasteiger partial charge in [-0.05, 0) is 29.8 Å². The van der Waals surface area contributed by atoms with Crippen molar-refractivity contribution in [2.45, 2.75) is 16.3 Å². The van der Waals surface area contributed by atoms with Crippen molar-refractivity contribution in [2.24, 2.45) is 10.7 Å². The second kappa shape index (κ2) is 9.90. The molecule has 2 aromatic rings. The van der Waals surface area contributed by atoms with E-state index in [0.717, 1.165) is 26.3 Å². The molecule has 1 fully saturated rings. The van der Waals surface area contributed by atoms with Gasteiger partial charge in [-0.15, -0.1) is 24.0 Å². The van der Waals surface area contributed by atoms with Gasteiger partial charge in [-0.2, -0.15) is 0 Å². The van der Waals surface area contributed by atoms with E-state index in [2.05, 4.69) is 58.4 Å². The summed E-state index contributed by atoms with van der Waals surface area (Å²) < 4.78 is 5.32. The molecule has 2 aromatic carbocycles. The van der Waals surface area contributed by atoms with Gasteiger partial charge in [0.25, 0.3) is 0 Å². The maximum atomic E-state index is 6.04. The van der Waals surface area contributed by atoms with Crippen LogP contribution in [-0.4, -0.2) is 37.2 Å². The van der Waals surface area contributed by atoms with Crippen molar-refractivity contribution in [3.8, 4) is 0 Å². The Hall–Kier alpha value is -1.25. The van der Waals surface area contributed by atoms with Crippen molar-refractivity contribution in [3.63, 3.8) is 0 Å². The summed E-state index contributed by atoms with van der Waals surface area (Å²) in [6, 6.07) is 18.9. The summed E-state index contributed by atoms with van der Waals surface area (Å²) in [6.07, 6.45) is 0. The average molecular weight is 455 g/mol. The van der Waals surface area contributed by atoms with Crippen LogP contribution in [0.25, 0.3) is 0 Å². The summed E-state index contributed by atoms with van der Waals surface area (Å²) in [5, 5.41) is 0. The Kier molecular flexibility index (Phi) is 7.87. The maximum absolute atomic E-state index is 6.04. The third-order valence-electron chi connectivity index (χ3n) is 3.66. The molecule has 0 amide bonds. The molecule has 0 atom stereocenters. The maximum Gasteiger partial charge on any atom is 0.191 e. The smallest absolute Gasteiger partial charge is 0.191 e. The first kappa shape index (κ1) is 19.1. The zero-order valence-corrected chi connectivity index (χ0v) is 16.6. The number of guanidine groups is 1. The zero-order chi connectivity index (χ0) is 15.9. The Balaban J connectivity index is 0.00000208. The molecule has 0 radical (unpaired) electrons. The van der Waals surface area contributed by atoms with Gasteiger partial charge in [0.05, 0.1) is 19.8 Å². The molecule has 0 saturated carbocycles. The minimum Gasteiger partial charge on any atom is -0.378 e. The molecule has 1 aliphatic heterocycles. The van der Waals surface area contributed by atoms with E-state index in [4.69, 9.17) is 10.5 Å². The topological polar surface area (TPSA) is 50.8 Å². The van der Waals surface area contributed by atoms with E-state index >= 15 is 0 Å². The molecule has 1 heterocycles. The SMILES string of the molecule is I.NC(=NCc1ccc(Sc2ccccc2)cc1)N1CCOCC1. The summed E-state index contributed by atoms with van der Waals surface area (Å²) in [7, 11) is 0. The Morgan fingerprint density at radius 2 is 1.62 bits per heavy atom. The summed E-state index contributed by atoms with van der Waals surface area (Å²) in [4.78, 5) is 9.03. The largest absolute Gasteiger partial charge is 0.378 e. The number of benzene rings is 2. The molecule has 6 heteroatoms. The van der Waals surface area contributed by atoms with Crippen LogP contribution in [0.1, 0.15) is 5.56 Å². The quantitative estimate of drug-likeness (QED) is 0.435. The minimum atomic E-state index is 0. The molecule has 0 bridgehead atoms. The highest BCUT2D eigenvalue weighted by Crippen LogP contribution is 2.27. The van der Waals surface area contributed by atoms with Gasteiger partial charge >= 0.3 is 0 Å². The van der Waals surface area contributed by atoms with Gasteiger partial charge in [0.2, 0.25) is 0 Å². The first-order valence-electron chi connectivity index (χ1n) is 7.76. The fraction of sp³-hybridized carbons (Fsp3) is 0.278. The van der Waals surface area contributed by atoms with Crippen molar-refractivity contribution in [2.75, 3.05) is 26.3 Å². The predicted octanol–water partition coefficient (Wildman–Crippen LogP) is 3.60. The zero-order valence-electron chi connectivity index (χ0n) is 13.4. The lowest BCUT2D eigenvalue weighted by molar-refractivity contribution is 0.0674. The first-order valence-corrected chi connectivity index (χ1v) is 8.57. The molecule has 1 saturated heterocycles. The van der Waals surface area contributed by atoms with Crippen LogP contribution < -0.4 is 5.73 Å². The molecule has 2 N–H and O–H groups in total. The Bertz CT molecular complexity index is 643. The second-order valence-corrected chi connectivity index (χ2v) is 6.48. The molecule has 128 valence electrons. The van der Waals surface area contributed by atoms with E-state index in [1.165, 1.54) is 15.4 Å². The number of nitrogens with zero attached hydrogens (tertiary/aromatic N) is 2. The molecular formula is C18H22IN3OS. The van der Waals surface area contributed by atoms with Gasteiger partial charge in [-0.1, -0.05) is 42.1 Å². The molecular weight excluding hydrogens is 433 g/mol. The van der Waals surface area contributed by atoms with Crippen molar-refractivity contribution in [1.82, 2.24) is 4.90 Å². The minimum absolute atomic E-state index is 0. The number of aliphatic imine (C=N–C) groups is 1. The van der Waals surface area contributed by atoms with Crippen LogP contribution in [0.4, 0.5) is 0 Å². The van der Waals surface area contributed by atoms with Crippen molar-refractivity contribution in [3.05, 3.63) is 60.2 Å². The second-order valence-electron chi connectivity index (χ2n) is 5.33. The van der Waals surface area contributed by atoms with Gasteiger partial charge in [-0.3, -0.25) is 0 Å². The van der Waals surface area contributed by atoms with Crippen LogP contribution in [0.2, 0.25) is 0 Å². The van der Waals surface area contributed by atoms with Gasteiger partial charge in [-0.25, -0.2) is 4.99 Å². The van der Waals surface area contributed by atoms with E-state index < -0.39 is 0 Å². The third-order valence-corrected chi connectivity index (χ3v) is 4.68. The van der Waals surface area contributed by atoms with E-state index in [1.807, 2.05) is 6.07 Å². The van der Waals surface area contributed by atoms with Crippen molar-refractivity contribution >= 4 is 41.7 Å². The van der Waals surface area contributed by atoms with E-state index in [9.17, 15) is 0 Å². The predicted molar refractivity (Wildman–Crippen MR) is 110 cm³/mol. The molecule has 0 unspecified atom stereocenters. The fourth-order valence-corrected chi connectivity index (χ4v) is 3.19. The molecule has 24 heavy (non-hydrogen) atoms. The van der Waals surface area contributed by atoms with Crippen molar-refractivity contribution in [1.29, 1.82) is 0 Å². The van der Waals surface area contributed by atoms with E-state index in [1.54, 1.807) is 11.8 Å². The Labute approximate surface area is 164 Å². The molecule has 3 rings (SSSR count). The lowest BCUT2D eigenvalue weighted by atomic mass is 10.2. The lowest BCUT2D eigenvalue weighted by Gasteiger charge is -2.27. The monoisotopic (exact) mass is 455 g/mol. The molecule has 4 nitrogen and oxygen atoms in total. The standard InChI is InChI=1S/C18H21N3OS.HI/c19-18(21-10-12-22-13-11-21)20-14-15-6-8-17(9-7-15)23-16-4-2-1-3-5-16;/h1-9H,10-14H2,(H2,19,20);1H. The van der Waals surface area contributed by atoms with Crippen molar-refractivity contribution < 1.29 is 4.74 Å². The molecule has 0 aliphatic carbocycles. The van der Waals surface area contributed by atoms with E-state index in [0.29, 0.717) is 12.5 Å². The van der Waals surface area contributed by atoms with Gasteiger partial charge in [0, 0.05) is 22.9 Å². The molecule has 1 aliphatic rings. The van der Waals surface area contributed by atoms with Gasteiger partial charge in [0.15, 0.2) is 5.96 Å².